The van der Waals surface area contributed by atoms with Gasteiger partial charge in [0, 0.05) is 42.2 Å². The van der Waals surface area contributed by atoms with Gasteiger partial charge in [-0.1, -0.05) is 18.2 Å². The number of fused-ring (bicyclic) bond motifs is 1. The lowest BCUT2D eigenvalue weighted by Gasteiger charge is -2.46. The van der Waals surface area contributed by atoms with E-state index in [0.29, 0.717) is 18.2 Å². The van der Waals surface area contributed by atoms with Gasteiger partial charge in [-0.15, -0.1) is 0 Å². The fraction of sp³-hybridized carbons (Fsp3) is 0.278. The van der Waals surface area contributed by atoms with E-state index >= 15 is 0 Å². The summed E-state index contributed by atoms with van der Waals surface area (Å²) in [6, 6.07) is 16.1. The van der Waals surface area contributed by atoms with Crippen LogP contribution in [0.15, 0.2) is 48.5 Å². The van der Waals surface area contributed by atoms with Gasteiger partial charge >= 0.3 is 0 Å². The average Bonchev–Trinajstić information content (AvgIpc) is 2.53. The zero-order valence-electron chi connectivity index (χ0n) is 12.6. The van der Waals surface area contributed by atoms with Crippen LogP contribution in [0.5, 0.6) is 5.75 Å². The summed E-state index contributed by atoms with van der Waals surface area (Å²) in [6.45, 7) is 0.684. The molecule has 0 saturated heterocycles. The van der Waals surface area contributed by atoms with E-state index < -0.39 is 5.91 Å². The fourth-order valence-corrected chi connectivity index (χ4v) is 3.33. The Morgan fingerprint density at radius 2 is 1.96 bits per heavy atom. The first-order valence-electron chi connectivity index (χ1n) is 7.80. The topological polar surface area (TPSA) is 61.8 Å². The Kier molecular flexibility index (Phi) is 3.42. The maximum atomic E-state index is 11.7. The Balaban J connectivity index is 1.72. The summed E-state index contributed by atoms with van der Waals surface area (Å²) in [7, 11) is 0. The van der Waals surface area contributed by atoms with Gasteiger partial charge in [-0.05, 0) is 30.3 Å². The van der Waals surface area contributed by atoms with Gasteiger partial charge in [0.2, 0.25) is 0 Å². The van der Waals surface area contributed by atoms with Crippen LogP contribution in [0.25, 0.3) is 0 Å². The highest BCUT2D eigenvalue weighted by Crippen LogP contribution is 2.38. The smallest absolute Gasteiger partial charge is 0.274 e. The van der Waals surface area contributed by atoms with Crippen LogP contribution >= 0.6 is 0 Å². The molecule has 3 aliphatic rings. The van der Waals surface area contributed by atoms with Crippen molar-refractivity contribution < 1.29 is 14.7 Å². The Labute approximate surface area is 134 Å². The molecule has 5 nitrogen and oxygen atoms in total. The van der Waals surface area contributed by atoms with Gasteiger partial charge in [-0.25, -0.2) is 5.48 Å². The van der Waals surface area contributed by atoms with Crippen LogP contribution in [0.4, 0.5) is 5.69 Å². The summed E-state index contributed by atoms with van der Waals surface area (Å²) in [6.07, 6.45) is 2.28. The number of carbonyl (C=O) groups excluding carboxylic acids is 1. The molecule has 0 atom stereocenters. The second-order valence-electron chi connectivity index (χ2n) is 6.09. The maximum Gasteiger partial charge on any atom is 0.274 e. The highest BCUT2D eigenvalue weighted by atomic mass is 16.5. The molecule has 1 amide bonds. The van der Waals surface area contributed by atoms with E-state index in [2.05, 4.69) is 17.0 Å². The molecule has 1 aliphatic carbocycles. The molecule has 2 aliphatic heterocycles. The number of nitrogens with zero attached hydrogens (tertiary/aromatic N) is 1. The zero-order chi connectivity index (χ0) is 15.8. The highest BCUT2D eigenvalue weighted by molar-refractivity contribution is 5.93. The number of carbonyl (C=O) groups is 1. The number of hydrogen-bond donors (Lipinski definition) is 2. The summed E-state index contributed by atoms with van der Waals surface area (Å²) in [4.78, 5) is 14.0. The highest BCUT2D eigenvalue weighted by Gasteiger charge is 2.38. The van der Waals surface area contributed by atoms with Crippen LogP contribution in [-0.2, 0) is 6.54 Å². The molecule has 2 heterocycles. The lowest BCUT2D eigenvalue weighted by molar-refractivity contribution is 0.0705. The molecular weight excluding hydrogens is 292 g/mol. The summed E-state index contributed by atoms with van der Waals surface area (Å²) < 4.78 is 6.03. The predicted octanol–water partition coefficient (Wildman–Crippen LogP) is 2.74. The van der Waals surface area contributed by atoms with Crippen LogP contribution in [0.3, 0.4) is 0 Å². The fourth-order valence-electron chi connectivity index (χ4n) is 3.33. The van der Waals surface area contributed by atoms with Crippen LogP contribution < -0.4 is 15.1 Å². The summed E-state index contributed by atoms with van der Waals surface area (Å²) in [5.74, 6) is 0.315. The van der Waals surface area contributed by atoms with Crippen molar-refractivity contribution in [2.75, 3.05) is 4.90 Å². The molecule has 0 spiro atoms. The van der Waals surface area contributed by atoms with Gasteiger partial charge in [0.25, 0.3) is 5.91 Å². The lowest BCUT2D eigenvalue weighted by atomic mass is 9.86. The monoisotopic (exact) mass is 310 g/mol. The van der Waals surface area contributed by atoms with Gasteiger partial charge in [-0.3, -0.25) is 10.0 Å². The van der Waals surface area contributed by atoms with E-state index in [9.17, 15) is 4.79 Å². The van der Waals surface area contributed by atoms with Gasteiger partial charge < -0.3 is 9.64 Å². The first-order chi connectivity index (χ1) is 11.2. The molecule has 5 heteroatoms. The van der Waals surface area contributed by atoms with Crippen molar-refractivity contribution in [3.63, 3.8) is 0 Å². The zero-order valence-corrected chi connectivity index (χ0v) is 12.6. The van der Waals surface area contributed by atoms with Gasteiger partial charge in [-0.2, -0.15) is 0 Å². The molecule has 1 saturated carbocycles. The van der Waals surface area contributed by atoms with Gasteiger partial charge in [0.15, 0.2) is 0 Å². The molecule has 2 bridgehead atoms. The first-order valence-corrected chi connectivity index (χ1v) is 7.80. The van der Waals surface area contributed by atoms with E-state index in [4.69, 9.17) is 9.94 Å². The first kappa shape index (κ1) is 14.1. The second kappa shape index (κ2) is 5.59. The number of benzene rings is 2. The average molecular weight is 310 g/mol. The second-order valence-corrected chi connectivity index (χ2v) is 6.09. The third-order valence-electron chi connectivity index (χ3n) is 4.66. The summed E-state index contributed by atoms with van der Waals surface area (Å²) in [5, 5.41) is 8.83. The van der Waals surface area contributed by atoms with Crippen molar-refractivity contribution in [2.24, 2.45) is 0 Å². The molecule has 0 radical (unpaired) electrons. The quantitative estimate of drug-likeness (QED) is 0.661. The van der Waals surface area contributed by atoms with Crippen molar-refractivity contribution in [1.29, 1.82) is 0 Å². The van der Waals surface area contributed by atoms with Crippen LogP contribution in [0.1, 0.15) is 28.8 Å². The maximum absolute atomic E-state index is 11.7. The number of amides is 1. The van der Waals surface area contributed by atoms with Gasteiger partial charge in [0.1, 0.15) is 11.9 Å². The number of para-hydroxylation sites is 1. The van der Waals surface area contributed by atoms with Gasteiger partial charge in [0.05, 0.1) is 0 Å². The number of ether oxygens (including phenoxy) is 1. The molecule has 5 rings (SSSR count). The number of anilines is 1. The predicted molar refractivity (Wildman–Crippen MR) is 85.8 cm³/mol. The molecule has 118 valence electrons. The third kappa shape index (κ3) is 2.53. The number of hydrogen-bond acceptors (Lipinski definition) is 4. The molecular formula is C18H18N2O3. The standard InChI is InChI=1S/C18H18N2O3/c21-18(19-22)12-6-7-17-13(8-12)11-20(14-4-2-1-3-5-14)15-9-16(10-15)23-17/h1-8,15-16,22H,9-11H2,(H,19,21). The normalized spacial score (nSPS) is 22.0. The van der Waals surface area contributed by atoms with Crippen LogP contribution in [-0.4, -0.2) is 23.3 Å². The molecule has 2 N–H and O–H groups in total. The minimum atomic E-state index is -0.508. The van der Waals surface area contributed by atoms with Crippen molar-refractivity contribution in [3.05, 3.63) is 59.7 Å². The van der Waals surface area contributed by atoms with Crippen molar-refractivity contribution >= 4 is 11.6 Å². The molecule has 0 unspecified atom stereocenters. The van der Waals surface area contributed by atoms with Crippen molar-refractivity contribution in [2.45, 2.75) is 31.5 Å². The van der Waals surface area contributed by atoms with Crippen LogP contribution in [0, 0.1) is 0 Å². The third-order valence-corrected chi connectivity index (χ3v) is 4.66. The van der Waals surface area contributed by atoms with E-state index in [1.807, 2.05) is 24.3 Å². The molecule has 2 aromatic carbocycles. The van der Waals surface area contributed by atoms with Crippen molar-refractivity contribution in [3.8, 4) is 5.75 Å². The van der Waals surface area contributed by atoms with E-state index in [1.165, 1.54) is 5.69 Å². The van der Waals surface area contributed by atoms with E-state index in [1.54, 1.807) is 17.6 Å². The number of rotatable bonds is 2. The SMILES string of the molecule is O=C(NO)c1ccc2c(c1)CN(c1ccccc1)C1CC(C1)O2. The number of nitrogens with one attached hydrogen (secondary N) is 1. The molecule has 1 fully saturated rings. The van der Waals surface area contributed by atoms with Crippen LogP contribution in [0.2, 0.25) is 0 Å². The summed E-state index contributed by atoms with van der Waals surface area (Å²) >= 11 is 0. The Bertz CT molecular complexity index is 726. The minimum Gasteiger partial charge on any atom is -0.490 e. The Hall–Kier alpha value is -2.53. The molecule has 0 aromatic heterocycles. The molecule has 2 aromatic rings. The summed E-state index contributed by atoms with van der Waals surface area (Å²) in [5.41, 5.74) is 4.25. The lowest BCUT2D eigenvalue weighted by Crippen LogP contribution is -2.50. The Morgan fingerprint density at radius 3 is 2.70 bits per heavy atom. The number of hydroxylamine groups is 1. The minimum absolute atomic E-state index is 0.239. The Morgan fingerprint density at radius 1 is 1.17 bits per heavy atom. The molecule has 23 heavy (non-hydrogen) atoms. The largest absolute Gasteiger partial charge is 0.490 e. The van der Waals surface area contributed by atoms with Crippen molar-refractivity contribution in [1.82, 2.24) is 5.48 Å². The van der Waals surface area contributed by atoms with E-state index in [0.717, 1.165) is 24.2 Å². The van der Waals surface area contributed by atoms with E-state index in [-0.39, 0.29) is 6.10 Å².